The van der Waals surface area contributed by atoms with Gasteiger partial charge in [-0.15, -0.1) is 0 Å². The number of hydrogen-bond acceptors (Lipinski definition) is 6. The lowest BCUT2D eigenvalue weighted by molar-refractivity contribution is -0.144. The third-order valence-electron chi connectivity index (χ3n) is 2.23. The number of methoxy groups -OCH3 is 2. The predicted molar refractivity (Wildman–Crippen MR) is 63.7 cm³/mol. The Kier molecular flexibility index (Phi) is 5.37. The standard InChI is InChI=1S/C11H12ClNO6/c1-17-8(14)5-13(6-9(15)18-2)11(16)7-3-4-19-10(7)12/h3-4H,5-6H2,1-2H3. The molecule has 8 heteroatoms. The normalized spacial score (nSPS) is 9.84. The molecule has 1 rings (SSSR count). The van der Waals surface area contributed by atoms with Crippen molar-refractivity contribution in [1.29, 1.82) is 0 Å². The van der Waals surface area contributed by atoms with Crippen molar-refractivity contribution in [2.45, 2.75) is 0 Å². The fraction of sp³-hybridized carbons (Fsp3) is 0.364. The molecule has 0 aliphatic heterocycles. The minimum atomic E-state index is -0.670. The molecular formula is C11H12ClNO6. The van der Waals surface area contributed by atoms with Crippen molar-refractivity contribution in [3.05, 3.63) is 23.1 Å². The molecular weight excluding hydrogens is 278 g/mol. The first-order chi connectivity index (χ1) is 8.99. The predicted octanol–water partition coefficient (Wildman–Crippen LogP) is 0.721. The minimum Gasteiger partial charge on any atom is -0.468 e. The van der Waals surface area contributed by atoms with Crippen molar-refractivity contribution < 1.29 is 28.3 Å². The smallest absolute Gasteiger partial charge is 0.325 e. The third kappa shape index (κ3) is 3.99. The summed E-state index contributed by atoms with van der Waals surface area (Å²) in [5.41, 5.74) is 0.0504. The number of amides is 1. The molecule has 0 saturated heterocycles. The van der Waals surface area contributed by atoms with Gasteiger partial charge in [0.1, 0.15) is 13.1 Å². The first kappa shape index (κ1) is 15.0. The summed E-state index contributed by atoms with van der Waals surface area (Å²) >= 11 is 5.67. The van der Waals surface area contributed by atoms with Crippen molar-refractivity contribution in [3.63, 3.8) is 0 Å². The molecule has 0 spiro atoms. The monoisotopic (exact) mass is 289 g/mol. The number of esters is 2. The highest BCUT2D eigenvalue weighted by Gasteiger charge is 2.25. The molecule has 0 aromatic carbocycles. The van der Waals surface area contributed by atoms with E-state index in [2.05, 4.69) is 9.47 Å². The fourth-order valence-electron chi connectivity index (χ4n) is 1.26. The Morgan fingerprint density at radius 1 is 1.21 bits per heavy atom. The first-order valence-electron chi connectivity index (χ1n) is 5.15. The lowest BCUT2D eigenvalue weighted by Gasteiger charge is -2.19. The maximum atomic E-state index is 12.1. The molecule has 1 aromatic heterocycles. The SMILES string of the molecule is COC(=O)CN(CC(=O)OC)C(=O)c1ccoc1Cl. The number of nitrogens with zero attached hydrogens (tertiary/aromatic N) is 1. The van der Waals surface area contributed by atoms with Crippen LogP contribution in [0.3, 0.4) is 0 Å². The van der Waals surface area contributed by atoms with Crippen LogP contribution in [-0.2, 0) is 19.1 Å². The number of hydrogen-bond donors (Lipinski definition) is 0. The van der Waals surface area contributed by atoms with Crippen LogP contribution < -0.4 is 0 Å². The molecule has 0 fully saturated rings. The second kappa shape index (κ2) is 6.79. The number of halogens is 1. The van der Waals surface area contributed by atoms with Gasteiger partial charge in [0.25, 0.3) is 5.91 Å². The summed E-state index contributed by atoms with van der Waals surface area (Å²) < 4.78 is 13.7. The molecule has 0 aliphatic carbocycles. The van der Waals surface area contributed by atoms with E-state index in [1.54, 1.807) is 0 Å². The van der Waals surface area contributed by atoms with Gasteiger partial charge in [-0.3, -0.25) is 14.4 Å². The Hall–Kier alpha value is -2.02. The number of ether oxygens (including phenoxy) is 2. The molecule has 0 atom stereocenters. The fourth-order valence-corrected chi connectivity index (χ4v) is 1.45. The highest BCUT2D eigenvalue weighted by Crippen LogP contribution is 2.18. The molecule has 0 radical (unpaired) electrons. The second-order valence-electron chi connectivity index (χ2n) is 3.42. The van der Waals surface area contributed by atoms with Crippen molar-refractivity contribution in [1.82, 2.24) is 4.90 Å². The summed E-state index contributed by atoms with van der Waals surface area (Å²) in [5, 5.41) is -0.121. The average molecular weight is 290 g/mol. The molecule has 1 aromatic rings. The van der Waals surface area contributed by atoms with Crippen LogP contribution in [0.1, 0.15) is 10.4 Å². The largest absolute Gasteiger partial charge is 0.468 e. The van der Waals surface area contributed by atoms with Gasteiger partial charge in [0.05, 0.1) is 26.0 Å². The minimum absolute atomic E-state index is 0.0504. The van der Waals surface area contributed by atoms with E-state index in [4.69, 9.17) is 16.0 Å². The van der Waals surface area contributed by atoms with Crippen LogP contribution in [-0.4, -0.2) is 50.1 Å². The lowest BCUT2D eigenvalue weighted by atomic mass is 10.3. The van der Waals surface area contributed by atoms with E-state index in [-0.39, 0.29) is 10.8 Å². The summed E-state index contributed by atoms with van der Waals surface area (Å²) in [5.74, 6) is -1.97. The van der Waals surface area contributed by atoms with Crippen LogP contribution in [0.15, 0.2) is 16.7 Å². The van der Waals surface area contributed by atoms with Gasteiger partial charge < -0.3 is 18.8 Å². The van der Waals surface area contributed by atoms with E-state index < -0.39 is 30.9 Å². The molecule has 19 heavy (non-hydrogen) atoms. The van der Waals surface area contributed by atoms with Crippen molar-refractivity contribution >= 4 is 29.4 Å². The van der Waals surface area contributed by atoms with E-state index in [1.165, 1.54) is 26.5 Å². The molecule has 1 heterocycles. The van der Waals surface area contributed by atoms with Gasteiger partial charge in [0, 0.05) is 0 Å². The summed E-state index contributed by atoms with van der Waals surface area (Å²) in [6.45, 7) is -0.794. The zero-order chi connectivity index (χ0) is 14.4. The Morgan fingerprint density at radius 3 is 2.11 bits per heavy atom. The van der Waals surface area contributed by atoms with Gasteiger partial charge >= 0.3 is 11.9 Å². The molecule has 1 amide bonds. The number of carbonyl (C=O) groups is 3. The Morgan fingerprint density at radius 2 is 1.74 bits per heavy atom. The Bertz CT molecular complexity index is 465. The highest BCUT2D eigenvalue weighted by molar-refractivity contribution is 6.32. The molecule has 0 aliphatic rings. The quantitative estimate of drug-likeness (QED) is 0.743. The van der Waals surface area contributed by atoms with E-state index in [0.717, 1.165) is 4.90 Å². The topological polar surface area (TPSA) is 86.0 Å². The summed E-state index contributed by atoms with van der Waals surface area (Å²) in [7, 11) is 2.35. The van der Waals surface area contributed by atoms with Crippen molar-refractivity contribution in [2.75, 3.05) is 27.3 Å². The maximum Gasteiger partial charge on any atom is 0.325 e. The van der Waals surface area contributed by atoms with Crippen LogP contribution in [0.2, 0.25) is 5.22 Å². The van der Waals surface area contributed by atoms with Gasteiger partial charge in [-0.1, -0.05) is 0 Å². The van der Waals surface area contributed by atoms with Gasteiger partial charge in [-0.25, -0.2) is 0 Å². The maximum absolute atomic E-state index is 12.1. The molecule has 0 N–H and O–H groups in total. The van der Waals surface area contributed by atoms with Crippen molar-refractivity contribution in [3.8, 4) is 0 Å². The zero-order valence-corrected chi connectivity index (χ0v) is 11.1. The Balaban J connectivity index is 2.89. The number of rotatable bonds is 5. The Labute approximate surface area is 114 Å². The van der Waals surface area contributed by atoms with Gasteiger partial charge in [0.2, 0.25) is 5.22 Å². The molecule has 0 saturated carbocycles. The molecule has 104 valence electrons. The number of furan rings is 1. The van der Waals surface area contributed by atoms with Crippen LogP contribution in [0, 0.1) is 0 Å². The summed E-state index contributed by atoms with van der Waals surface area (Å²) in [4.78, 5) is 35.5. The first-order valence-corrected chi connectivity index (χ1v) is 5.53. The summed E-state index contributed by atoms with van der Waals surface area (Å²) in [6, 6.07) is 1.34. The molecule has 7 nitrogen and oxygen atoms in total. The number of carbonyl (C=O) groups excluding carboxylic acids is 3. The second-order valence-corrected chi connectivity index (χ2v) is 3.76. The van der Waals surface area contributed by atoms with E-state index in [1.807, 2.05) is 0 Å². The van der Waals surface area contributed by atoms with Crippen LogP contribution in [0.4, 0.5) is 0 Å². The zero-order valence-electron chi connectivity index (χ0n) is 10.3. The van der Waals surface area contributed by atoms with E-state index in [0.29, 0.717) is 0 Å². The third-order valence-corrected chi connectivity index (χ3v) is 2.52. The van der Waals surface area contributed by atoms with Gasteiger partial charge in [-0.05, 0) is 17.7 Å². The van der Waals surface area contributed by atoms with Crippen LogP contribution in [0.5, 0.6) is 0 Å². The van der Waals surface area contributed by atoms with Crippen molar-refractivity contribution in [2.24, 2.45) is 0 Å². The highest BCUT2D eigenvalue weighted by atomic mass is 35.5. The molecule has 0 bridgehead atoms. The molecule has 0 unspecified atom stereocenters. The lowest BCUT2D eigenvalue weighted by Crippen LogP contribution is -2.40. The van der Waals surface area contributed by atoms with Gasteiger partial charge in [-0.2, -0.15) is 0 Å². The summed E-state index contributed by atoms with van der Waals surface area (Å²) in [6.07, 6.45) is 1.23. The average Bonchev–Trinajstić information content (AvgIpc) is 2.82. The van der Waals surface area contributed by atoms with Crippen LogP contribution in [0.25, 0.3) is 0 Å². The van der Waals surface area contributed by atoms with E-state index >= 15 is 0 Å². The van der Waals surface area contributed by atoms with E-state index in [9.17, 15) is 14.4 Å². The van der Waals surface area contributed by atoms with Crippen LogP contribution >= 0.6 is 11.6 Å². The van der Waals surface area contributed by atoms with Gasteiger partial charge in [0.15, 0.2) is 0 Å².